The van der Waals surface area contributed by atoms with E-state index in [4.69, 9.17) is 0 Å². The summed E-state index contributed by atoms with van der Waals surface area (Å²) < 4.78 is 0. The Morgan fingerprint density at radius 3 is 2.88 bits per heavy atom. The minimum Gasteiger partial charge on any atom is -0.352 e. The van der Waals surface area contributed by atoms with Gasteiger partial charge in [-0.05, 0) is 25.0 Å². The molecular formula is C18H26N6. The van der Waals surface area contributed by atoms with Gasteiger partial charge in [-0.3, -0.25) is 15.0 Å². The number of H-pyrrole nitrogens is 1. The van der Waals surface area contributed by atoms with Crippen molar-refractivity contribution in [2.45, 2.75) is 38.5 Å². The molecule has 0 amide bonds. The highest BCUT2D eigenvalue weighted by molar-refractivity contribution is 5.79. The van der Waals surface area contributed by atoms with Crippen LogP contribution in [0.4, 0.5) is 0 Å². The minimum absolute atomic E-state index is 0.414. The van der Waals surface area contributed by atoms with Crippen molar-refractivity contribution in [3.8, 4) is 0 Å². The first-order chi connectivity index (χ1) is 11.7. The molecule has 1 aliphatic heterocycles. The molecular weight excluding hydrogens is 300 g/mol. The van der Waals surface area contributed by atoms with Gasteiger partial charge in [0.1, 0.15) is 0 Å². The Bertz CT molecular complexity index is 637. The summed E-state index contributed by atoms with van der Waals surface area (Å²) in [7, 11) is 1.81. The van der Waals surface area contributed by atoms with E-state index in [9.17, 15) is 0 Å². The zero-order chi connectivity index (χ0) is 16.8. The van der Waals surface area contributed by atoms with Gasteiger partial charge < -0.3 is 10.6 Å². The lowest BCUT2D eigenvalue weighted by Gasteiger charge is -2.21. The fraction of sp³-hybridized carbons (Fsp3) is 0.444. The van der Waals surface area contributed by atoms with Crippen LogP contribution in [-0.4, -0.2) is 46.7 Å². The highest BCUT2D eigenvalue weighted by Crippen LogP contribution is 2.20. The summed E-state index contributed by atoms with van der Waals surface area (Å²) in [5, 5.41) is 13.8. The first kappa shape index (κ1) is 16.5. The van der Waals surface area contributed by atoms with Gasteiger partial charge in [0, 0.05) is 38.4 Å². The van der Waals surface area contributed by atoms with Crippen LogP contribution in [-0.2, 0) is 13.1 Å². The summed E-state index contributed by atoms with van der Waals surface area (Å²) in [5.41, 5.74) is 2.41. The standard InChI is InChI=1S/C18H26N6/c1-14-10-17(13-24(14)12-15-6-4-3-5-7-15)22-18(19-2)20-11-16-8-9-21-23-16/h3-9,14,17H,10-13H2,1-2H3,(H,21,23)(H2,19,20,22). The van der Waals surface area contributed by atoms with Crippen molar-refractivity contribution in [3.63, 3.8) is 0 Å². The van der Waals surface area contributed by atoms with Crippen molar-refractivity contribution in [1.29, 1.82) is 0 Å². The van der Waals surface area contributed by atoms with Crippen LogP contribution in [0.1, 0.15) is 24.6 Å². The van der Waals surface area contributed by atoms with Gasteiger partial charge in [0.2, 0.25) is 0 Å². The number of benzene rings is 1. The average Bonchev–Trinajstić information content (AvgIpc) is 3.23. The molecule has 3 rings (SSSR count). The highest BCUT2D eigenvalue weighted by atomic mass is 15.3. The average molecular weight is 326 g/mol. The summed E-state index contributed by atoms with van der Waals surface area (Å²) >= 11 is 0. The zero-order valence-corrected chi connectivity index (χ0v) is 14.4. The summed E-state index contributed by atoms with van der Waals surface area (Å²) in [6, 6.07) is 13.6. The van der Waals surface area contributed by atoms with Gasteiger partial charge in [0.15, 0.2) is 5.96 Å². The lowest BCUT2D eigenvalue weighted by atomic mass is 10.2. The lowest BCUT2D eigenvalue weighted by molar-refractivity contribution is 0.258. The van der Waals surface area contributed by atoms with Crippen molar-refractivity contribution in [2.24, 2.45) is 4.99 Å². The third-order valence-corrected chi connectivity index (χ3v) is 4.50. The number of nitrogens with zero attached hydrogens (tertiary/aromatic N) is 3. The summed E-state index contributed by atoms with van der Waals surface area (Å²) in [5.74, 6) is 0.836. The van der Waals surface area contributed by atoms with Gasteiger partial charge in [-0.1, -0.05) is 30.3 Å². The largest absolute Gasteiger partial charge is 0.352 e. The van der Waals surface area contributed by atoms with E-state index in [0.29, 0.717) is 18.6 Å². The Morgan fingerprint density at radius 1 is 1.33 bits per heavy atom. The molecule has 1 aromatic carbocycles. The van der Waals surface area contributed by atoms with Crippen molar-refractivity contribution < 1.29 is 0 Å². The number of hydrogen-bond acceptors (Lipinski definition) is 3. The molecule has 2 unspecified atom stereocenters. The van der Waals surface area contributed by atoms with Crippen LogP contribution in [0.5, 0.6) is 0 Å². The molecule has 1 saturated heterocycles. The Morgan fingerprint density at radius 2 is 2.17 bits per heavy atom. The molecule has 24 heavy (non-hydrogen) atoms. The minimum atomic E-state index is 0.414. The molecule has 6 nitrogen and oxygen atoms in total. The van der Waals surface area contributed by atoms with Crippen molar-refractivity contribution in [3.05, 3.63) is 53.9 Å². The predicted octanol–water partition coefficient (Wildman–Crippen LogP) is 1.74. The lowest BCUT2D eigenvalue weighted by Crippen LogP contribution is -2.44. The molecule has 0 aliphatic carbocycles. The number of guanidine groups is 1. The van der Waals surface area contributed by atoms with Crippen LogP contribution in [0.25, 0.3) is 0 Å². The maximum absolute atomic E-state index is 4.33. The van der Waals surface area contributed by atoms with Gasteiger partial charge in [0.05, 0.1) is 12.2 Å². The number of rotatable bonds is 5. The number of aromatic nitrogens is 2. The zero-order valence-electron chi connectivity index (χ0n) is 14.4. The molecule has 1 aromatic heterocycles. The van der Waals surface area contributed by atoms with Crippen molar-refractivity contribution in [1.82, 2.24) is 25.7 Å². The van der Waals surface area contributed by atoms with Crippen LogP contribution >= 0.6 is 0 Å². The molecule has 2 aromatic rings. The predicted molar refractivity (Wildman–Crippen MR) is 96.6 cm³/mol. The monoisotopic (exact) mass is 326 g/mol. The van der Waals surface area contributed by atoms with Gasteiger partial charge in [-0.15, -0.1) is 0 Å². The SMILES string of the molecule is CN=C(NCc1ccn[nH]1)NC1CC(C)N(Cc2ccccc2)C1. The molecule has 0 spiro atoms. The van der Waals surface area contributed by atoms with E-state index in [0.717, 1.165) is 31.2 Å². The first-order valence-electron chi connectivity index (χ1n) is 8.48. The van der Waals surface area contributed by atoms with Gasteiger partial charge in [-0.2, -0.15) is 5.10 Å². The Hall–Kier alpha value is -2.34. The fourth-order valence-corrected chi connectivity index (χ4v) is 3.19. The molecule has 3 N–H and O–H groups in total. The van der Waals surface area contributed by atoms with Crippen LogP contribution in [0, 0.1) is 0 Å². The van der Waals surface area contributed by atoms with E-state index in [1.165, 1.54) is 5.56 Å². The van der Waals surface area contributed by atoms with Gasteiger partial charge in [0.25, 0.3) is 0 Å². The van der Waals surface area contributed by atoms with E-state index in [-0.39, 0.29) is 0 Å². The molecule has 6 heteroatoms. The second-order valence-electron chi connectivity index (χ2n) is 6.35. The highest BCUT2D eigenvalue weighted by Gasteiger charge is 2.29. The number of nitrogens with one attached hydrogen (secondary N) is 3. The molecule has 2 heterocycles. The maximum Gasteiger partial charge on any atom is 0.191 e. The molecule has 0 saturated carbocycles. The Kier molecular flexibility index (Phi) is 5.48. The van der Waals surface area contributed by atoms with E-state index in [2.05, 4.69) is 68.0 Å². The topological polar surface area (TPSA) is 68.3 Å². The summed E-state index contributed by atoms with van der Waals surface area (Å²) in [6.07, 6.45) is 2.88. The van der Waals surface area contributed by atoms with Crippen LogP contribution < -0.4 is 10.6 Å². The normalized spacial score (nSPS) is 21.8. The van der Waals surface area contributed by atoms with E-state index in [1.807, 2.05) is 13.1 Å². The second kappa shape index (κ2) is 7.97. The molecule has 2 atom stereocenters. The Balaban J connectivity index is 1.50. The fourth-order valence-electron chi connectivity index (χ4n) is 3.19. The van der Waals surface area contributed by atoms with Crippen LogP contribution in [0.15, 0.2) is 47.6 Å². The van der Waals surface area contributed by atoms with E-state index < -0.39 is 0 Å². The van der Waals surface area contributed by atoms with Crippen LogP contribution in [0.2, 0.25) is 0 Å². The first-order valence-corrected chi connectivity index (χ1v) is 8.48. The smallest absolute Gasteiger partial charge is 0.191 e. The van der Waals surface area contributed by atoms with Crippen LogP contribution in [0.3, 0.4) is 0 Å². The second-order valence-corrected chi connectivity index (χ2v) is 6.35. The number of aliphatic imine (C=N–C) groups is 1. The molecule has 0 radical (unpaired) electrons. The molecule has 1 fully saturated rings. The third-order valence-electron chi connectivity index (χ3n) is 4.50. The molecule has 128 valence electrons. The summed E-state index contributed by atoms with van der Waals surface area (Å²) in [6.45, 7) is 5.02. The van der Waals surface area contributed by atoms with E-state index in [1.54, 1.807) is 6.20 Å². The summed E-state index contributed by atoms with van der Waals surface area (Å²) in [4.78, 5) is 6.85. The number of aromatic amines is 1. The van der Waals surface area contributed by atoms with Crippen molar-refractivity contribution >= 4 is 5.96 Å². The molecule has 1 aliphatic rings. The van der Waals surface area contributed by atoms with Crippen molar-refractivity contribution in [2.75, 3.05) is 13.6 Å². The third kappa shape index (κ3) is 4.35. The van der Waals surface area contributed by atoms with Gasteiger partial charge in [-0.25, -0.2) is 0 Å². The molecule has 0 bridgehead atoms. The van der Waals surface area contributed by atoms with Gasteiger partial charge >= 0.3 is 0 Å². The maximum atomic E-state index is 4.33. The Labute approximate surface area is 143 Å². The van der Waals surface area contributed by atoms with E-state index >= 15 is 0 Å². The number of likely N-dealkylation sites (tertiary alicyclic amines) is 1. The number of hydrogen-bond donors (Lipinski definition) is 3. The quantitative estimate of drug-likeness (QED) is 0.578.